The number of anilines is 1. The normalized spacial score (nSPS) is 16.1. The van der Waals surface area contributed by atoms with E-state index in [2.05, 4.69) is 20.6 Å². The molecule has 0 radical (unpaired) electrons. The summed E-state index contributed by atoms with van der Waals surface area (Å²) in [6.07, 6.45) is 1.38. The molecule has 0 saturated carbocycles. The van der Waals surface area contributed by atoms with Gasteiger partial charge in [0.25, 0.3) is 5.91 Å². The van der Waals surface area contributed by atoms with E-state index in [1.807, 2.05) is 12.1 Å². The van der Waals surface area contributed by atoms with Gasteiger partial charge in [0.2, 0.25) is 11.8 Å². The molecule has 2 aliphatic heterocycles. The molecular formula is C25H20FN5O4S. The fraction of sp³-hybridized carbons (Fsp3) is 0.160. The summed E-state index contributed by atoms with van der Waals surface area (Å²) in [5, 5.41) is 5.71. The molecule has 36 heavy (non-hydrogen) atoms. The third-order valence-electron chi connectivity index (χ3n) is 5.43. The predicted octanol–water partition coefficient (Wildman–Crippen LogP) is 3.46. The number of rotatable bonds is 7. The number of para-hydroxylation sites is 1. The van der Waals surface area contributed by atoms with Crippen molar-refractivity contribution in [2.24, 2.45) is 9.98 Å². The van der Waals surface area contributed by atoms with E-state index in [-0.39, 0.29) is 30.5 Å². The molecule has 3 heterocycles. The topological polar surface area (TPSA) is 116 Å². The minimum absolute atomic E-state index is 0.0380. The molecule has 9 nitrogen and oxygen atoms in total. The van der Waals surface area contributed by atoms with Gasteiger partial charge >= 0.3 is 0 Å². The van der Waals surface area contributed by atoms with Gasteiger partial charge in [-0.3, -0.25) is 19.4 Å². The number of thioether (sulfide) groups is 1. The SMILES string of the molecule is O=C(C[C@@H]1N=C2c3ccccc3N=C(SCC(=O)Nc3ccc(F)cc3)N2C1=O)NCc1ccco1. The summed E-state index contributed by atoms with van der Waals surface area (Å²) in [6, 6.07) is 15.2. The average Bonchev–Trinajstić information content (AvgIpc) is 3.51. The standard InChI is InChI=1S/C25H20FN5O4S/c26-15-7-9-16(10-8-15)28-22(33)14-36-25-30-19-6-2-1-5-18(19)23-29-20(24(34)31(23)25)12-21(32)27-13-17-4-3-11-35-17/h1-11,20H,12-14H2,(H,27,32)(H,28,33)/t20-/m0/s1. The van der Waals surface area contributed by atoms with Crippen molar-refractivity contribution in [2.45, 2.75) is 19.0 Å². The van der Waals surface area contributed by atoms with Gasteiger partial charge in [-0.05, 0) is 48.5 Å². The lowest BCUT2D eigenvalue weighted by molar-refractivity contribution is -0.128. The van der Waals surface area contributed by atoms with Crippen LogP contribution in [-0.2, 0) is 20.9 Å². The summed E-state index contributed by atoms with van der Waals surface area (Å²) in [5.74, 6) is -0.512. The molecule has 1 atom stereocenters. The lowest BCUT2D eigenvalue weighted by Gasteiger charge is -2.25. The van der Waals surface area contributed by atoms with Crippen LogP contribution in [0.5, 0.6) is 0 Å². The van der Waals surface area contributed by atoms with Crippen molar-refractivity contribution in [1.82, 2.24) is 10.2 Å². The minimum atomic E-state index is -0.915. The number of nitrogens with zero attached hydrogens (tertiary/aromatic N) is 3. The number of halogens is 1. The van der Waals surface area contributed by atoms with Crippen molar-refractivity contribution in [3.63, 3.8) is 0 Å². The monoisotopic (exact) mass is 505 g/mol. The van der Waals surface area contributed by atoms with Crippen LogP contribution in [0.3, 0.4) is 0 Å². The van der Waals surface area contributed by atoms with Crippen LogP contribution in [0.4, 0.5) is 15.8 Å². The van der Waals surface area contributed by atoms with E-state index < -0.39 is 17.8 Å². The van der Waals surface area contributed by atoms with E-state index in [9.17, 15) is 18.8 Å². The number of carbonyl (C=O) groups excluding carboxylic acids is 3. The number of amides is 3. The first-order valence-corrected chi connectivity index (χ1v) is 12.0. The Morgan fingerprint density at radius 1 is 1.06 bits per heavy atom. The number of fused-ring (bicyclic) bond motifs is 3. The van der Waals surface area contributed by atoms with Crippen LogP contribution in [-0.4, -0.2) is 45.4 Å². The van der Waals surface area contributed by atoms with Crippen molar-refractivity contribution < 1.29 is 23.2 Å². The summed E-state index contributed by atoms with van der Waals surface area (Å²) in [5.41, 5.74) is 1.74. The quantitative estimate of drug-likeness (QED) is 0.510. The molecule has 0 fully saturated rings. The molecule has 0 spiro atoms. The Morgan fingerprint density at radius 3 is 2.64 bits per heavy atom. The molecule has 0 aliphatic carbocycles. The molecule has 2 aromatic carbocycles. The molecule has 2 N–H and O–H groups in total. The first-order valence-electron chi connectivity index (χ1n) is 11.0. The Bertz CT molecular complexity index is 1370. The molecule has 3 aromatic rings. The smallest absolute Gasteiger partial charge is 0.259 e. The van der Waals surface area contributed by atoms with Gasteiger partial charge in [-0.25, -0.2) is 14.3 Å². The largest absolute Gasteiger partial charge is 0.467 e. The average molecular weight is 506 g/mol. The maximum Gasteiger partial charge on any atom is 0.259 e. The highest BCUT2D eigenvalue weighted by Gasteiger charge is 2.42. The zero-order valence-corrected chi connectivity index (χ0v) is 19.6. The van der Waals surface area contributed by atoms with Crippen LogP contribution < -0.4 is 10.6 Å². The van der Waals surface area contributed by atoms with Crippen molar-refractivity contribution in [3.05, 3.63) is 84.1 Å². The first kappa shape index (κ1) is 23.5. The van der Waals surface area contributed by atoms with E-state index in [0.29, 0.717) is 33.7 Å². The summed E-state index contributed by atoms with van der Waals surface area (Å²) in [6.45, 7) is 0.210. The number of nitrogens with one attached hydrogen (secondary N) is 2. The highest BCUT2D eigenvalue weighted by molar-refractivity contribution is 8.14. The minimum Gasteiger partial charge on any atom is -0.467 e. The van der Waals surface area contributed by atoms with E-state index in [1.54, 1.807) is 24.3 Å². The van der Waals surface area contributed by atoms with Crippen molar-refractivity contribution in [2.75, 3.05) is 11.1 Å². The van der Waals surface area contributed by atoms with Crippen molar-refractivity contribution in [3.8, 4) is 0 Å². The number of benzene rings is 2. The molecule has 182 valence electrons. The summed E-state index contributed by atoms with van der Waals surface area (Å²) < 4.78 is 18.3. The molecule has 1 aromatic heterocycles. The maximum absolute atomic E-state index is 13.3. The molecule has 5 rings (SSSR count). The Kier molecular flexibility index (Phi) is 6.63. The highest BCUT2D eigenvalue weighted by Crippen LogP contribution is 2.34. The Morgan fingerprint density at radius 2 is 1.86 bits per heavy atom. The van der Waals surface area contributed by atoms with Crippen LogP contribution in [0, 0.1) is 5.82 Å². The summed E-state index contributed by atoms with van der Waals surface area (Å²) in [4.78, 5) is 48.7. The molecule has 0 unspecified atom stereocenters. The third-order valence-corrected chi connectivity index (χ3v) is 6.37. The third kappa shape index (κ3) is 5.05. The van der Waals surface area contributed by atoms with Gasteiger partial charge in [0.15, 0.2) is 5.17 Å². The van der Waals surface area contributed by atoms with E-state index in [4.69, 9.17) is 4.42 Å². The maximum atomic E-state index is 13.3. The molecule has 0 bridgehead atoms. The Balaban J connectivity index is 1.29. The number of hydrogen-bond acceptors (Lipinski definition) is 7. The highest BCUT2D eigenvalue weighted by atomic mass is 32.2. The van der Waals surface area contributed by atoms with Gasteiger partial charge in [-0.2, -0.15) is 0 Å². The second kappa shape index (κ2) is 10.2. The summed E-state index contributed by atoms with van der Waals surface area (Å²) >= 11 is 1.08. The number of aliphatic imine (C=N–C) groups is 2. The molecule has 3 amide bonds. The van der Waals surface area contributed by atoms with E-state index in [1.165, 1.54) is 35.4 Å². The van der Waals surface area contributed by atoms with Crippen molar-refractivity contribution >= 4 is 51.9 Å². The molecular weight excluding hydrogens is 485 g/mol. The van der Waals surface area contributed by atoms with Gasteiger partial charge in [0.1, 0.15) is 23.5 Å². The van der Waals surface area contributed by atoms with E-state index >= 15 is 0 Å². The lowest BCUT2D eigenvalue weighted by atomic mass is 10.1. The van der Waals surface area contributed by atoms with Gasteiger partial charge < -0.3 is 15.1 Å². The molecule has 11 heteroatoms. The number of carbonyl (C=O) groups is 3. The number of furan rings is 1. The summed E-state index contributed by atoms with van der Waals surface area (Å²) in [7, 11) is 0. The number of amidine groups is 2. The van der Waals surface area contributed by atoms with Gasteiger partial charge in [0, 0.05) is 11.3 Å². The van der Waals surface area contributed by atoms with Crippen LogP contribution in [0.1, 0.15) is 17.7 Å². The van der Waals surface area contributed by atoms with Gasteiger partial charge in [0.05, 0.1) is 30.7 Å². The Labute approximate surface area is 209 Å². The zero-order chi connectivity index (χ0) is 25.1. The lowest BCUT2D eigenvalue weighted by Crippen LogP contribution is -2.42. The molecule has 2 aliphatic rings. The first-order chi connectivity index (χ1) is 17.5. The number of hydrogen-bond donors (Lipinski definition) is 2. The fourth-order valence-electron chi connectivity index (χ4n) is 3.74. The van der Waals surface area contributed by atoms with Crippen LogP contribution >= 0.6 is 11.8 Å². The second-order valence-corrected chi connectivity index (χ2v) is 8.90. The fourth-order valence-corrected chi connectivity index (χ4v) is 4.54. The van der Waals surface area contributed by atoms with Gasteiger partial charge in [-0.1, -0.05) is 23.9 Å². The zero-order valence-electron chi connectivity index (χ0n) is 18.8. The van der Waals surface area contributed by atoms with Crippen LogP contribution in [0.15, 0.2) is 81.3 Å². The van der Waals surface area contributed by atoms with E-state index in [0.717, 1.165) is 11.8 Å². The van der Waals surface area contributed by atoms with Crippen molar-refractivity contribution in [1.29, 1.82) is 0 Å². The predicted molar refractivity (Wildman–Crippen MR) is 133 cm³/mol. The second-order valence-electron chi connectivity index (χ2n) is 7.96. The van der Waals surface area contributed by atoms with Crippen LogP contribution in [0.2, 0.25) is 0 Å². The van der Waals surface area contributed by atoms with Gasteiger partial charge in [-0.15, -0.1) is 0 Å². The Hall–Kier alpha value is -4.25. The molecule has 0 saturated heterocycles. The van der Waals surface area contributed by atoms with Crippen LogP contribution in [0.25, 0.3) is 0 Å².